The zero-order valence-electron chi connectivity index (χ0n) is 17.9. The number of ether oxygens (including phenoxy) is 3. The lowest BCUT2D eigenvalue weighted by molar-refractivity contribution is -0.114. The second-order valence-corrected chi connectivity index (χ2v) is 8.94. The molecule has 4 rings (SSSR count). The van der Waals surface area contributed by atoms with E-state index in [0.717, 1.165) is 16.7 Å². The summed E-state index contributed by atoms with van der Waals surface area (Å²) in [5.41, 5.74) is 1.04. The van der Waals surface area contributed by atoms with Crippen molar-refractivity contribution in [2.75, 3.05) is 20.8 Å². The van der Waals surface area contributed by atoms with Crippen molar-refractivity contribution < 1.29 is 28.9 Å². The number of piperidine rings is 1. The van der Waals surface area contributed by atoms with Gasteiger partial charge in [-0.05, 0) is 63.0 Å². The van der Waals surface area contributed by atoms with Crippen LogP contribution in [0.15, 0.2) is 35.6 Å². The van der Waals surface area contributed by atoms with Gasteiger partial charge in [0, 0.05) is 17.5 Å². The quantitative estimate of drug-likeness (QED) is 0.801. The van der Waals surface area contributed by atoms with E-state index in [1.165, 1.54) is 14.2 Å². The van der Waals surface area contributed by atoms with Gasteiger partial charge in [-0.3, -0.25) is 4.79 Å². The van der Waals surface area contributed by atoms with Crippen LogP contribution in [-0.2, 0) is 26.1 Å². The SMILES string of the molecule is COC1=C[C@]23CCN(C(=O)OC(C)(C)C)[C@H](Cc4ccc(OC)c(O)c42)C3=CC1=O. The van der Waals surface area contributed by atoms with E-state index in [4.69, 9.17) is 14.2 Å². The topological polar surface area (TPSA) is 85.3 Å². The highest BCUT2D eigenvalue weighted by molar-refractivity contribution is 6.05. The Hall–Kier alpha value is -2.96. The first-order valence-electron chi connectivity index (χ1n) is 10.0. The molecule has 1 aromatic rings. The maximum atomic E-state index is 12.9. The summed E-state index contributed by atoms with van der Waals surface area (Å²) < 4.78 is 16.3. The Bertz CT molecular complexity index is 986. The molecule has 3 aliphatic rings. The van der Waals surface area contributed by atoms with Gasteiger partial charge in [-0.25, -0.2) is 4.79 Å². The summed E-state index contributed by atoms with van der Waals surface area (Å²) in [7, 11) is 2.97. The van der Waals surface area contributed by atoms with E-state index in [-0.39, 0.29) is 23.3 Å². The Morgan fingerprint density at radius 2 is 1.97 bits per heavy atom. The highest BCUT2D eigenvalue weighted by atomic mass is 16.6. The molecule has 1 aromatic carbocycles. The fraction of sp³-hybridized carbons (Fsp3) is 0.478. The van der Waals surface area contributed by atoms with Crippen LogP contribution in [0.2, 0.25) is 0 Å². The van der Waals surface area contributed by atoms with Crippen LogP contribution in [-0.4, -0.2) is 54.3 Å². The van der Waals surface area contributed by atoms with Crippen molar-refractivity contribution in [3.8, 4) is 11.5 Å². The van der Waals surface area contributed by atoms with Crippen LogP contribution >= 0.6 is 0 Å². The second-order valence-electron chi connectivity index (χ2n) is 8.94. The largest absolute Gasteiger partial charge is 0.504 e. The lowest BCUT2D eigenvalue weighted by Crippen LogP contribution is -2.58. The van der Waals surface area contributed by atoms with Crippen LogP contribution in [0.3, 0.4) is 0 Å². The molecular formula is C23H27NO6. The number of carbonyl (C=O) groups is 2. The highest BCUT2D eigenvalue weighted by Gasteiger charge is 2.54. The number of amides is 1. The van der Waals surface area contributed by atoms with Gasteiger partial charge in [0.05, 0.1) is 20.3 Å². The highest BCUT2D eigenvalue weighted by Crippen LogP contribution is 2.56. The van der Waals surface area contributed by atoms with E-state index < -0.39 is 17.1 Å². The van der Waals surface area contributed by atoms with Crippen molar-refractivity contribution in [2.24, 2.45) is 0 Å². The molecule has 0 spiro atoms. The number of allylic oxidation sites excluding steroid dienone is 2. The van der Waals surface area contributed by atoms with Gasteiger partial charge in [0.25, 0.3) is 0 Å². The molecule has 0 aromatic heterocycles. The van der Waals surface area contributed by atoms with Crippen molar-refractivity contribution in [2.45, 2.75) is 50.7 Å². The Kier molecular flexibility index (Phi) is 4.60. The fourth-order valence-electron chi connectivity index (χ4n) is 4.86. The molecule has 0 saturated carbocycles. The molecule has 1 fully saturated rings. The van der Waals surface area contributed by atoms with Gasteiger partial charge in [-0.15, -0.1) is 0 Å². The predicted octanol–water partition coefficient (Wildman–Crippen LogP) is 3.24. The average Bonchev–Trinajstić information content (AvgIpc) is 2.66. The van der Waals surface area contributed by atoms with E-state index in [2.05, 4.69) is 0 Å². The van der Waals surface area contributed by atoms with Crippen LogP contribution in [0.5, 0.6) is 11.5 Å². The number of phenolic OH excluding ortho intramolecular Hbond substituents is 1. The molecule has 2 atom stereocenters. The molecule has 1 N–H and O–H groups in total. The number of ketones is 1. The Labute approximate surface area is 175 Å². The van der Waals surface area contributed by atoms with Crippen LogP contribution in [0.4, 0.5) is 4.79 Å². The van der Waals surface area contributed by atoms with Crippen LogP contribution in [0, 0.1) is 0 Å². The summed E-state index contributed by atoms with van der Waals surface area (Å²) in [6.45, 7) is 5.92. The summed E-state index contributed by atoms with van der Waals surface area (Å²) in [5.74, 6) is 0.425. The van der Waals surface area contributed by atoms with Crippen molar-refractivity contribution >= 4 is 11.9 Å². The lowest BCUT2D eigenvalue weighted by atomic mass is 9.58. The van der Waals surface area contributed by atoms with E-state index in [0.29, 0.717) is 25.1 Å². The minimum atomic E-state index is -0.741. The third-order valence-corrected chi connectivity index (χ3v) is 6.06. The fourth-order valence-corrected chi connectivity index (χ4v) is 4.86. The minimum Gasteiger partial charge on any atom is -0.504 e. The van der Waals surface area contributed by atoms with Crippen LogP contribution in [0.25, 0.3) is 0 Å². The molecule has 1 heterocycles. The van der Waals surface area contributed by atoms with Gasteiger partial charge in [0.1, 0.15) is 5.60 Å². The van der Waals surface area contributed by atoms with Gasteiger partial charge in [0.15, 0.2) is 17.3 Å². The molecular weight excluding hydrogens is 386 g/mol. The number of hydrogen-bond donors (Lipinski definition) is 1. The molecule has 30 heavy (non-hydrogen) atoms. The van der Waals surface area contributed by atoms with E-state index in [9.17, 15) is 14.7 Å². The van der Waals surface area contributed by atoms with Crippen molar-refractivity contribution in [1.29, 1.82) is 0 Å². The first-order chi connectivity index (χ1) is 14.1. The molecule has 0 unspecified atom stereocenters. The van der Waals surface area contributed by atoms with E-state index >= 15 is 0 Å². The molecule has 7 heteroatoms. The van der Waals surface area contributed by atoms with Gasteiger partial charge in [-0.1, -0.05) is 6.07 Å². The number of benzene rings is 1. The van der Waals surface area contributed by atoms with Crippen LogP contribution in [0.1, 0.15) is 38.3 Å². The Morgan fingerprint density at radius 1 is 1.23 bits per heavy atom. The molecule has 1 aliphatic heterocycles. The number of likely N-dealkylation sites (tertiary alicyclic amines) is 1. The number of fused-ring (bicyclic) bond motifs is 1. The number of carbonyl (C=O) groups excluding carboxylic acids is 2. The Morgan fingerprint density at radius 3 is 2.60 bits per heavy atom. The third-order valence-electron chi connectivity index (χ3n) is 6.06. The number of methoxy groups -OCH3 is 2. The molecule has 160 valence electrons. The Balaban J connectivity index is 1.89. The molecule has 1 saturated heterocycles. The van der Waals surface area contributed by atoms with Crippen LogP contribution < -0.4 is 4.74 Å². The summed E-state index contributed by atoms with van der Waals surface area (Å²) in [6, 6.07) is 3.30. The first kappa shape index (κ1) is 20.3. The summed E-state index contributed by atoms with van der Waals surface area (Å²) in [5, 5.41) is 11.0. The molecule has 2 aliphatic carbocycles. The smallest absolute Gasteiger partial charge is 0.410 e. The second kappa shape index (κ2) is 6.79. The zero-order valence-corrected chi connectivity index (χ0v) is 17.9. The zero-order chi connectivity index (χ0) is 21.8. The minimum absolute atomic E-state index is 0.0612. The summed E-state index contributed by atoms with van der Waals surface area (Å²) in [4.78, 5) is 27.3. The maximum absolute atomic E-state index is 12.9. The number of aromatic hydroxyl groups is 1. The summed E-state index contributed by atoms with van der Waals surface area (Å²) in [6.07, 6.45) is 3.91. The number of nitrogens with zero attached hydrogens (tertiary/aromatic N) is 1. The van der Waals surface area contributed by atoms with Gasteiger partial charge in [-0.2, -0.15) is 0 Å². The summed E-state index contributed by atoms with van der Waals surface area (Å²) >= 11 is 0. The average molecular weight is 413 g/mol. The predicted molar refractivity (Wildman–Crippen MR) is 110 cm³/mol. The molecule has 7 nitrogen and oxygen atoms in total. The maximum Gasteiger partial charge on any atom is 0.410 e. The number of rotatable bonds is 2. The standard InChI is InChI=1S/C23H27NO6/c1-22(2,3)30-21(27)24-9-8-23-12-18(29-5)16(25)11-14(23)15(24)10-13-6-7-17(28-4)20(26)19(13)23/h6-7,11-12,15,26H,8-10H2,1-5H3/t15-,23+/m1/s1. The normalized spacial score (nSPS) is 24.9. The third kappa shape index (κ3) is 2.95. The first-order valence-corrected chi connectivity index (χ1v) is 10.0. The molecule has 2 bridgehead atoms. The molecule has 1 amide bonds. The van der Waals surface area contributed by atoms with Crippen molar-refractivity contribution in [1.82, 2.24) is 4.90 Å². The van der Waals surface area contributed by atoms with Gasteiger partial charge < -0.3 is 24.2 Å². The molecule has 0 radical (unpaired) electrons. The van der Waals surface area contributed by atoms with Gasteiger partial charge >= 0.3 is 6.09 Å². The lowest BCUT2D eigenvalue weighted by Gasteiger charge is -2.53. The van der Waals surface area contributed by atoms with Gasteiger partial charge in [0.2, 0.25) is 5.78 Å². The van der Waals surface area contributed by atoms with E-state index in [1.54, 1.807) is 23.1 Å². The number of phenols is 1. The van der Waals surface area contributed by atoms with Crippen molar-refractivity contribution in [3.05, 3.63) is 46.7 Å². The monoisotopic (exact) mass is 413 g/mol. The number of hydrogen-bond acceptors (Lipinski definition) is 6. The van der Waals surface area contributed by atoms with E-state index in [1.807, 2.05) is 26.8 Å². The van der Waals surface area contributed by atoms with Crippen molar-refractivity contribution in [3.63, 3.8) is 0 Å².